The molecule has 0 saturated heterocycles. The number of anilines is 2. The van der Waals surface area contributed by atoms with Crippen molar-refractivity contribution in [3.05, 3.63) is 48.0 Å². The molecule has 1 aromatic heterocycles. The van der Waals surface area contributed by atoms with E-state index in [-0.39, 0.29) is 0 Å². The molecule has 3 aromatic rings. The molecule has 0 atom stereocenters. The van der Waals surface area contributed by atoms with Crippen LogP contribution in [0.3, 0.4) is 0 Å². The fraction of sp³-hybridized carbons (Fsp3) is 0.462. The quantitative estimate of drug-likeness (QED) is 0.494. The van der Waals surface area contributed by atoms with Crippen LogP contribution in [0.1, 0.15) is 38.2 Å². The first kappa shape index (κ1) is 23.1. The molecule has 2 N–H and O–H groups in total. The summed E-state index contributed by atoms with van der Waals surface area (Å²) in [7, 11) is 5.73. The van der Waals surface area contributed by atoms with E-state index in [0.29, 0.717) is 18.7 Å². The molecule has 0 unspecified atom stereocenters. The van der Waals surface area contributed by atoms with Crippen molar-refractivity contribution in [1.82, 2.24) is 15.3 Å². The molecule has 7 heteroatoms. The lowest BCUT2D eigenvalue weighted by molar-refractivity contribution is 0.310. The average molecular weight is 450 g/mol. The lowest BCUT2D eigenvalue weighted by atomic mass is 9.91. The average Bonchev–Trinajstić information content (AvgIpc) is 2.84. The first-order valence-electron chi connectivity index (χ1n) is 11.8. The number of nitrogens with zero attached hydrogens (tertiary/aromatic N) is 3. The van der Waals surface area contributed by atoms with Crippen LogP contribution in [0.2, 0.25) is 0 Å². The SMILES string of the molecule is CCOc1ccc(CN[C@H]2CC[C@@H](Nc3nc(N(C)C)c4ccccc4n3)CC2)cc1OC. The van der Waals surface area contributed by atoms with E-state index in [4.69, 9.17) is 19.4 Å². The van der Waals surface area contributed by atoms with E-state index >= 15 is 0 Å². The maximum Gasteiger partial charge on any atom is 0.225 e. The standard InChI is InChI=1S/C26H35N5O2/c1-5-33-23-15-10-18(16-24(23)32-4)17-27-19-11-13-20(14-12-19)28-26-29-22-9-7-6-8-21(22)25(30-26)31(2)3/h6-10,15-16,19-20,27H,5,11-14,17H2,1-4H3,(H,28,29,30)/t19-,20+. The summed E-state index contributed by atoms with van der Waals surface area (Å²) in [6.45, 7) is 3.44. The van der Waals surface area contributed by atoms with Gasteiger partial charge in [-0.1, -0.05) is 18.2 Å². The minimum absolute atomic E-state index is 0.393. The summed E-state index contributed by atoms with van der Waals surface area (Å²) >= 11 is 0. The predicted octanol–water partition coefficient (Wildman–Crippen LogP) is 4.62. The number of fused-ring (bicyclic) bond motifs is 1. The van der Waals surface area contributed by atoms with E-state index in [1.807, 2.05) is 50.2 Å². The first-order chi connectivity index (χ1) is 16.1. The number of rotatable bonds is 9. The largest absolute Gasteiger partial charge is 0.493 e. The Kier molecular flexibility index (Phi) is 7.50. The van der Waals surface area contributed by atoms with Gasteiger partial charge in [0.25, 0.3) is 0 Å². The van der Waals surface area contributed by atoms with E-state index in [1.165, 1.54) is 5.56 Å². The fourth-order valence-electron chi connectivity index (χ4n) is 4.45. The number of hydrogen-bond acceptors (Lipinski definition) is 7. The summed E-state index contributed by atoms with van der Waals surface area (Å²) in [5.74, 6) is 3.25. The number of hydrogen-bond donors (Lipinski definition) is 2. The van der Waals surface area contributed by atoms with Gasteiger partial charge < -0.3 is 25.0 Å². The van der Waals surface area contributed by atoms with Gasteiger partial charge in [0, 0.05) is 38.1 Å². The lowest BCUT2D eigenvalue weighted by Crippen LogP contribution is -2.37. The Bertz CT molecular complexity index is 1060. The smallest absolute Gasteiger partial charge is 0.225 e. The molecule has 4 rings (SSSR count). The van der Waals surface area contributed by atoms with Crippen LogP contribution in [0.5, 0.6) is 11.5 Å². The van der Waals surface area contributed by atoms with Gasteiger partial charge in [0.1, 0.15) is 5.82 Å². The van der Waals surface area contributed by atoms with Crippen LogP contribution in [-0.4, -0.2) is 49.9 Å². The third-order valence-electron chi connectivity index (χ3n) is 6.19. The molecular formula is C26H35N5O2. The van der Waals surface area contributed by atoms with E-state index in [9.17, 15) is 0 Å². The Morgan fingerprint density at radius 2 is 1.73 bits per heavy atom. The van der Waals surface area contributed by atoms with Gasteiger partial charge in [-0.2, -0.15) is 4.98 Å². The molecule has 0 radical (unpaired) electrons. The van der Waals surface area contributed by atoms with Crippen molar-refractivity contribution >= 4 is 22.7 Å². The van der Waals surface area contributed by atoms with Crippen LogP contribution in [0.15, 0.2) is 42.5 Å². The zero-order valence-corrected chi connectivity index (χ0v) is 20.1. The summed E-state index contributed by atoms with van der Waals surface area (Å²) in [6, 6.07) is 15.2. The minimum Gasteiger partial charge on any atom is -0.493 e. The zero-order valence-electron chi connectivity index (χ0n) is 20.1. The molecule has 33 heavy (non-hydrogen) atoms. The third kappa shape index (κ3) is 5.66. The van der Waals surface area contributed by atoms with Crippen molar-refractivity contribution in [2.75, 3.05) is 38.0 Å². The molecule has 2 aromatic carbocycles. The fourth-order valence-corrected chi connectivity index (χ4v) is 4.45. The maximum absolute atomic E-state index is 5.62. The van der Waals surface area contributed by atoms with Crippen molar-refractivity contribution < 1.29 is 9.47 Å². The first-order valence-corrected chi connectivity index (χ1v) is 11.8. The highest BCUT2D eigenvalue weighted by Crippen LogP contribution is 2.29. The lowest BCUT2D eigenvalue weighted by Gasteiger charge is -2.30. The Labute approximate surface area is 196 Å². The van der Waals surface area contributed by atoms with Gasteiger partial charge in [0.15, 0.2) is 11.5 Å². The van der Waals surface area contributed by atoms with Crippen molar-refractivity contribution in [2.45, 2.75) is 51.2 Å². The minimum atomic E-state index is 0.393. The number of para-hydroxylation sites is 1. The zero-order chi connectivity index (χ0) is 23.2. The summed E-state index contributed by atoms with van der Waals surface area (Å²) < 4.78 is 11.1. The van der Waals surface area contributed by atoms with E-state index < -0.39 is 0 Å². The van der Waals surface area contributed by atoms with E-state index in [1.54, 1.807) is 7.11 Å². The second kappa shape index (κ2) is 10.7. The van der Waals surface area contributed by atoms with Crippen molar-refractivity contribution in [3.8, 4) is 11.5 Å². The number of methoxy groups -OCH3 is 1. The van der Waals surface area contributed by atoms with Gasteiger partial charge in [-0.3, -0.25) is 0 Å². The summed E-state index contributed by atoms with van der Waals surface area (Å²) in [5.41, 5.74) is 2.18. The second-order valence-corrected chi connectivity index (χ2v) is 8.77. The van der Waals surface area contributed by atoms with Crippen molar-refractivity contribution in [2.24, 2.45) is 0 Å². The highest BCUT2D eigenvalue weighted by atomic mass is 16.5. The molecule has 1 fully saturated rings. The van der Waals surface area contributed by atoms with Crippen LogP contribution in [0.25, 0.3) is 10.9 Å². The summed E-state index contributed by atoms with van der Waals surface area (Å²) in [6.07, 6.45) is 4.44. The molecule has 1 aliphatic carbocycles. The van der Waals surface area contributed by atoms with Gasteiger partial charge in [-0.05, 0) is 62.4 Å². The number of nitrogens with one attached hydrogen (secondary N) is 2. The normalized spacial score (nSPS) is 18.2. The highest BCUT2D eigenvalue weighted by molar-refractivity contribution is 5.90. The molecule has 0 amide bonds. The van der Waals surface area contributed by atoms with Gasteiger partial charge in [-0.15, -0.1) is 0 Å². The van der Waals surface area contributed by atoms with Crippen LogP contribution in [-0.2, 0) is 6.54 Å². The molecule has 0 spiro atoms. The number of ether oxygens (including phenoxy) is 2. The van der Waals surface area contributed by atoms with Gasteiger partial charge >= 0.3 is 0 Å². The molecule has 0 bridgehead atoms. The Morgan fingerprint density at radius 1 is 0.970 bits per heavy atom. The van der Waals surface area contributed by atoms with E-state index in [0.717, 1.165) is 66.4 Å². The summed E-state index contributed by atoms with van der Waals surface area (Å²) in [5, 5.41) is 8.38. The molecule has 1 saturated carbocycles. The molecule has 0 aliphatic heterocycles. The van der Waals surface area contributed by atoms with Crippen LogP contribution in [0.4, 0.5) is 11.8 Å². The monoisotopic (exact) mass is 449 g/mol. The Morgan fingerprint density at radius 3 is 2.45 bits per heavy atom. The molecule has 176 valence electrons. The maximum atomic E-state index is 5.62. The molecule has 7 nitrogen and oxygen atoms in total. The number of benzene rings is 2. The van der Waals surface area contributed by atoms with Crippen LogP contribution >= 0.6 is 0 Å². The topological polar surface area (TPSA) is 71.5 Å². The predicted molar refractivity (Wildman–Crippen MR) is 135 cm³/mol. The van der Waals surface area contributed by atoms with Crippen molar-refractivity contribution in [3.63, 3.8) is 0 Å². The second-order valence-electron chi connectivity index (χ2n) is 8.77. The highest BCUT2D eigenvalue weighted by Gasteiger charge is 2.22. The van der Waals surface area contributed by atoms with Crippen LogP contribution < -0.4 is 25.0 Å². The molecule has 1 heterocycles. The third-order valence-corrected chi connectivity index (χ3v) is 6.19. The van der Waals surface area contributed by atoms with E-state index in [2.05, 4.69) is 28.8 Å². The molecular weight excluding hydrogens is 414 g/mol. The summed E-state index contributed by atoms with van der Waals surface area (Å²) in [4.78, 5) is 11.6. The van der Waals surface area contributed by atoms with Crippen LogP contribution in [0, 0.1) is 0 Å². The Balaban J connectivity index is 1.32. The molecule has 1 aliphatic rings. The van der Waals surface area contributed by atoms with Gasteiger partial charge in [-0.25, -0.2) is 4.98 Å². The van der Waals surface area contributed by atoms with Gasteiger partial charge in [0.05, 0.1) is 19.2 Å². The van der Waals surface area contributed by atoms with Gasteiger partial charge in [0.2, 0.25) is 5.95 Å². The van der Waals surface area contributed by atoms with Crippen molar-refractivity contribution in [1.29, 1.82) is 0 Å². The Hall–Kier alpha value is -3.06. The number of aromatic nitrogens is 2.